The number of benzene rings is 1. The molecule has 1 aromatic carbocycles. The number of likely N-dealkylation sites (N-methyl/N-ethyl adjacent to an activating group) is 1. The topological polar surface area (TPSA) is 45.2 Å². The van der Waals surface area contributed by atoms with Gasteiger partial charge in [-0.25, -0.2) is 0 Å². The number of carbonyl (C=O) groups is 1. The van der Waals surface area contributed by atoms with Gasteiger partial charge in [0.25, 0.3) is 0 Å². The Bertz CT molecular complexity index is 589. The van der Waals surface area contributed by atoms with Crippen molar-refractivity contribution in [1.82, 2.24) is 9.88 Å². The lowest BCUT2D eigenvalue weighted by atomic mass is 10.2. The Balaban J connectivity index is 1.79. The van der Waals surface area contributed by atoms with Gasteiger partial charge in [0.15, 0.2) is 0 Å². The standard InChI is InChI=1S/C16H18BrN3O/c1-20(11-8-13-6-9-18-10-7-13)16(21)12-19-15-5-3-2-4-14(15)17/h2-7,9-10,19H,8,11-12H2,1H3. The molecule has 0 unspecified atom stereocenters. The van der Waals surface area contributed by atoms with Crippen LogP contribution in [-0.4, -0.2) is 35.9 Å². The molecule has 0 atom stereocenters. The summed E-state index contributed by atoms with van der Waals surface area (Å²) in [5.41, 5.74) is 2.11. The Morgan fingerprint density at radius 1 is 1.24 bits per heavy atom. The molecule has 110 valence electrons. The van der Waals surface area contributed by atoms with Crippen molar-refractivity contribution in [2.24, 2.45) is 0 Å². The second-order valence-corrected chi connectivity index (χ2v) is 5.61. The minimum Gasteiger partial charge on any atom is -0.375 e. The lowest BCUT2D eigenvalue weighted by Gasteiger charge is -2.18. The smallest absolute Gasteiger partial charge is 0.241 e. The summed E-state index contributed by atoms with van der Waals surface area (Å²) >= 11 is 3.45. The van der Waals surface area contributed by atoms with Crippen molar-refractivity contribution in [2.45, 2.75) is 6.42 Å². The first-order chi connectivity index (χ1) is 10.2. The summed E-state index contributed by atoms with van der Waals surface area (Å²) in [5, 5.41) is 3.14. The average Bonchev–Trinajstić information content (AvgIpc) is 2.52. The van der Waals surface area contributed by atoms with Crippen molar-refractivity contribution in [3.63, 3.8) is 0 Å². The van der Waals surface area contributed by atoms with Crippen LogP contribution in [-0.2, 0) is 11.2 Å². The normalized spacial score (nSPS) is 10.2. The highest BCUT2D eigenvalue weighted by atomic mass is 79.9. The van der Waals surface area contributed by atoms with Crippen molar-refractivity contribution in [3.8, 4) is 0 Å². The first-order valence-electron chi connectivity index (χ1n) is 6.78. The maximum atomic E-state index is 12.1. The van der Waals surface area contributed by atoms with E-state index in [2.05, 4.69) is 26.2 Å². The van der Waals surface area contributed by atoms with Crippen molar-refractivity contribution >= 4 is 27.5 Å². The van der Waals surface area contributed by atoms with Gasteiger partial charge in [0.05, 0.1) is 6.54 Å². The van der Waals surface area contributed by atoms with Crippen molar-refractivity contribution < 1.29 is 4.79 Å². The molecule has 21 heavy (non-hydrogen) atoms. The first-order valence-corrected chi connectivity index (χ1v) is 7.57. The molecule has 0 saturated carbocycles. The summed E-state index contributed by atoms with van der Waals surface area (Å²) in [7, 11) is 1.82. The summed E-state index contributed by atoms with van der Waals surface area (Å²) < 4.78 is 0.956. The minimum atomic E-state index is 0.0693. The number of hydrogen-bond acceptors (Lipinski definition) is 3. The maximum absolute atomic E-state index is 12.1. The zero-order valence-corrected chi connectivity index (χ0v) is 13.5. The molecule has 0 aliphatic heterocycles. The Hall–Kier alpha value is -1.88. The Labute approximate surface area is 133 Å². The molecule has 4 nitrogen and oxygen atoms in total. The lowest BCUT2D eigenvalue weighted by molar-refractivity contribution is -0.127. The molecule has 1 N–H and O–H groups in total. The molecular weight excluding hydrogens is 330 g/mol. The van der Waals surface area contributed by atoms with Crippen molar-refractivity contribution in [2.75, 3.05) is 25.5 Å². The van der Waals surface area contributed by atoms with E-state index < -0.39 is 0 Å². The number of carbonyl (C=O) groups excluding carboxylic acids is 1. The molecule has 1 heterocycles. The van der Waals surface area contributed by atoms with Crippen molar-refractivity contribution in [1.29, 1.82) is 0 Å². The van der Waals surface area contributed by atoms with E-state index in [1.54, 1.807) is 17.3 Å². The van der Waals surface area contributed by atoms with Gasteiger partial charge in [-0.2, -0.15) is 0 Å². The number of anilines is 1. The van der Waals surface area contributed by atoms with E-state index >= 15 is 0 Å². The minimum absolute atomic E-state index is 0.0693. The number of para-hydroxylation sites is 1. The molecule has 0 aliphatic rings. The largest absolute Gasteiger partial charge is 0.375 e. The highest BCUT2D eigenvalue weighted by Crippen LogP contribution is 2.20. The number of amides is 1. The van der Waals surface area contributed by atoms with Crippen LogP contribution in [0.15, 0.2) is 53.3 Å². The fourth-order valence-corrected chi connectivity index (χ4v) is 2.31. The molecule has 2 aromatic rings. The molecule has 0 saturated heterocycles. The van der Waals surface area contributed by atoms with Crippen LogP contribution < -0.4 is 5.32 Å². The summed E-state index contributed by atoms with van der Waals surface area (Å²) in [4.78, 5) is 17.8. The zero-order valence-electron chi connectivity index (χ0n) is 11.9. The number of aromatic nitrogens is 1. The van der Waals surface area contributed by atoms with Crippen LogP contribution in [0.25, 0.3) is 0 Å². The van der Waals surface area contributed by atoms with Crippen LogP contribution in [0.4, 0.5) is 5.69 Å². The number of rotatable bonds is 6. The fourth-order valence-electron chi connectivity index (χ4n) is 1.88. The molecule has 0 fully saturated rings. The van der Waals surface area contributed by atoms with E-state index in [9.17, 15) is 4.79 Å². The third-order valence-electron chi connectivity index (χ3n) is 3.21. The predicted octanol–water partition coefficient (Wildman–Crippen LogP) is 2.96. The van der Waals surface area contributed by atoms with Gasteiger partial charge in [0.1, 0.15) is 0 Å². The zero-order chi connectivity index (χ0) is 15.1. The summed E-state index contributed by atoms with van der Waals surface area (Å²) in [6, 6.07) is 11.7. The SMILES string of the molecule is CN(CCc1ccncc1)C(=O)CNc1ccccc1Br. The summed E-state index contributed by atoms with van der Waals surface area (Å²) in [5.74, 6) is 0.0693. The van der Waals surface area contributed by atoms with Gasteiger partial charge < -0.3 is 10.2 Å². The molecule has 0 spiro atoms. The van der Waals surface area contributed by atoms with Crippen molar-refractivity contribution in [3.05, 3.63) is 58.8 Å². The van der Waals surface area contributed by atoms with Gasteiger partial charge in [0.2, 0.25) is 5.91 Å². The van der Waals surface area contributed by atoms with Gasteiger partial charge in [-0.15, -0.1) is 0 Å². The molecule has 5 heteroatoms. The highest BCUT2D eigenvalue weighted by molar-refractivity contribution is 9.10. The van der Waals surface area contributed by atoms with E-state index in [1.165, 1.54) is 5.56 Å². The summed E-state index contributed by atoms with van der Waals surface area (Å²) in [6.45, 7) is 0.982. The van der Waals surface area contributed by atoms with E-state index in [4.69, 9.17) is 0 Å². The first kappa shape index (κ1) is 15.5. The Kier molecular flexibility index (Phi) is 5.75. The summed E-state index contributed by atoms with van der Waals surface area (Å²) in [6.07, 6.45) is 4.37. The molecule has 0 bridgehead atoms. The van der Waals surface area contributed by atoms with Crippen LogP contribution >= 0.6 is 15.9 Å². The van der Waals surface area contributed by atoms with Gasteiger partial charge in [-0.3, -0.25) is 9.78 Å². The number of nitrogens with one attached hydrogen (secondary N) is 1. The third-order valence-corrected chi connectivity index (χ3v) is 3.91. The van der Waals surface area contributed by atoms with E-state index in [-0.39, 0.29) is 12.5 Å². The van der Waals surface area contributed by atoms with Gasteiger partial charge in [-0.1, -0.05) is 12.1 Å². The van der Waals surface area contributed by atoms with Crippen LogP contribution in [0, 0.1) is 0 Å². The third kappa shape index (κ3) is 4.86. The molecule has 0 radical (unpaired) electrons. The molecule has 1 amide bonds. The van der Waals surface area contributed by atoms with Gasteiger partial charge in [0, 0.05) is 36.1 Å². The monoisotopic (exact) mass is 347 g/mol. The Morgan fingerprint density at radius 3 is 2.67 bits per heavy atom. The fraction of sp³-hybridized carbons (Fsp3) is 0.250. The predicted molar refractivity (Wildman–Crippen MR) is 88.2 cm³/mol. The van der Waals surface area contributed by atoms with Crippen LogP contribution in [0.2, 0.25) is 0 Å². The quantitative estimate of drug-likeness (QED) is 0.873. The highest BCUT2D eigenvalue weighted by Gasteiger charge is 2.09. The Morgan fingerprint density at radius 2 is 1.95 bits per heavy atom. The average molecular weight is 348 g/mol. The van der Waals surface area contributed by atoms with E-state index in [0.717, 1.165) is 16.6 Å². The second kappa shape index (κ2) is 7.78. The number of hydrogen-bond donors (Lipinski definition) is 1. The van der Waals surface area contributed by atoms with Crippen LogP contribution in [0.5, 0.6) is 0 Å². The molecule has 1 aromatic heterocycles. The maximum Gasteiger partial charge on any atom is 0.241 e. The van der Waals surface area contributed by atoms with Crippen LogP contribution in [0.1, 0.15) is 5.56 Å². The number of nitrogens with zero attached hydrogens (tertiary/aromatic N) is 2. The van der Waals surface area contributed by atoms with Gasteiger partial charge in [-0.05, 0) is 52.2 Å². The van der Waals surface area contributed by atoms with E-state index in [0.29, 0.717) is 6.54 Å². The number of halogens is 1. The molecular formula is C16H18BrN3O. The van der Waals surface area contributed by atoms with Gasteiger partial charge >= 0.3 is 0 Å². The second-order valence-electron chi connectivity index (χ2n) is 4.75. The number of pyridine rings is 1. The molecule has 0 aliphatic carbocycles. The van der Waals surface area contributed by atoms with E-state index in [1.807, 2.05) is 43.4 Å². The van der Waals surface area contributed by atoms with Crippen LogP contribution in [0.3, 0.4) is 0 Å². The lowest BCUT2D eigenvalue weighted by Crippen LogP contribution is -2.33. The molecule has 2 rings (SSSR count).